The second-order valence-corrected chi connectivity index (χ2v) is 4.28. The predicted molar refractivity (Wildman–Crippen MR) is 57.8 cm³/mol. The van der Waals surface area contributed by atoms with Crippen molar-refractivity contribution in [2.45, 2.75) is 43.6 Å². The van der Waals surface area contributed by atoms with Crippen molar-refractivity contribution in [3.05, 3.63) is 17.8 Å². The first-order valence-electron chi connectivity index (χ1n) is 5.37. The molecule has 0 aliphatic heterocycles. The third-order valence-corrected chi connectivity index (χ3v) is 3.40. The summed E-state index contributed by atoms with van der Waals surface area (Å²) >= 11 is 5.67. The second kappa shape index (κ2) is 4.54. The Morgan fingerprint density at radius 3 is 2.73 bits per heavy atom. The summed E-state index contributed by atoms with van der Waals surface area (Å²) < 4.78 is 11.2. The van der Waals surface area contributed by atoms with Gasteiger partial charge in [-0.2, -0.15) is 0 Å². The van der Waals surface area contributed by atoms with Crippen molar-refractivity contribution in [2.75, 3.05) is 7.11 Å². The average molecular weight is 230 g/mol. The Morgan fingerprint density at radius 2 is 2.20 bits per heavy atom. The van der Waals surface area contributed by atoms with Crippen LogP contribution in [0.1, 0.15) is 43.8 Å². The van der Waals surface area contributed by atoms with Gasteiger partial charge in [0.25, 0.3) is 0 Å². The molecule has 1 heterocycles. The summed E-state index contributed by atoms with van der Waals surface area (Å²) in [5.74, 6) is 1.73. The fourth-order valence-corrected chi connectivity index (χ4v) is 2.38. The molecule has 1 aromatic rings. The smallest absolute Gasteiger partial charge is 0.209 e. The van der Waals surface area contributed by atoms with Crippen LogP contribution in [0.5, 0.6) is 0 Å². The molecular formula is C11H16ClNO2. The molecule has 0 radical (unpaired) electrons. The number of hydrogen-bond donors (Lipinski definition) is 0. The normalized spacial score (nSPS) is 20.4. The second-order valence-electron chi connectivity index (χ2n) is 4.01. The lowest BCUT2D eigenvalue weighted by Gasteiger charge is -2.33. The van der Waals surface area contributed by atoms with E-state index >= 15 is 0 Å². The van der Waals surface area contributed by atoms with E-state index in [1.165, 1.54) is 19.3 Å². The van der Waals surface area contributed by atoms with Crippen LogP contribution < -0.4 is 0 Å². The van der Waals surface area contributed by atoms with Crippen molar-refractivity contribution >= 4 is 11.6 Å². The molecule has 4 heteroatoms. The van der Waals surface area contributed by atoms with Crippen molar-refractivity contribution in [1.29, 1.82) is 0 Å². The fraction of sp³-hybridized carbons (Fsp3) is 0.727. The highest BCUT2D eigenvalue weighted by molar-refractivity contribution is 6.16. The molecule has 3 nitrogen and oxygen atoms in total. The van der Waals surface area contributed by atoms with Gasteiger partial charge in [0, 0.05) is 7.11 Å². The topological polar surface area (TPSA) is 35.3 Å². The summed E-state index contributed by atoms with van der Waals surface area (Å²) in [4.78, 5) is 4.12. The van der Waals surface area contributed by atoms with Crippen LogP contribution in [0.25, 0.3) is 0 Å². The maximum atomic E-state index is 5.67. The van der Waals surface area contributed by atoms with Gasteiger partial charge in [-0.3, -0.25) is 0 Å². The van der Waals surface area contributed by atoms with Crippen LogP contribution in [0.3, 0.4) is 0 Å². The van der Waals surface area contributed by atoms with Gasteiger partial charge >= 0.3 is 0 Å². The molecule has 2 rings (SSSR count). The van der Waals surface area contributed by atoms with Crippen LogP contribution in [0, 0.1) is 0 Å². The Labute approximate surface area is 94.8 Å². The van der Waals surface area contributed by atoms with Crippen molar-refractivity contribution < 1.29 is 9.15 Å². The molecule has 0 saturated heterocycles. The van der Waals surface area contributed by atoms with E-state index in [2.05, 4.69) is 4.98 Å². The molecule has 1 aliphatic rings. The molecule has 1 aliphatic carbocycles. The maximum Gasteiger partial charge on any atom is 0.209 e. The van der Waals surface area contributed by atoms with Gasteiger partial charge in [0.15, 0.2) is 5.76 Å². The van der Waals surface area contributed by atoms with Crippen LogP contribution in [-0.2, 0) is 16.2 Å². The minimum Gasteiger partial charge on any atom is -0.441 e. The van der Waals surface area contributed by atoms with E-state index in [-0.39, 0.29) is 5.60 Å². The number of aromatic nitrogens is 1. The van der Waals surface area contributed by atoms with Crippen LogP contribution >= 0.6 is 11.6 Å². The van der Waals surface area contributed by atoms with E-state index in [1.807, 2.05) is 0 Å². The summed E-state index contributed by atoms with van der Waals surface area (Å²) in [7, 11) is 1.74. The Hall–Kier alpha value is -0.540. The van der Waals surface area contributed by atoms with Crippen LogP contribution in [-0.4, -0.2) is 12.1 Å². The van der Waals surface area contributed by atoms with Crippen LogP contribution in [0.15, 0.2) is 10.6 Å². The van der Waals surface area contributed by atoms with E-state index in [4.69, 9.17) is 20.8 Å². The average Bonchev–Trinajstić information content (AvgIpc) is 2.79. The van der Waals surface area contributed by atoms with Crippen molar-refractivity contribution in [3.63, 3.8) is 0 Å². The number of nitrogens with zero attached hydrogens (tertiary/aromatic N) is 1. The summed E-state index contributed by atoms with van der Waals surface area (Å²) in [6, 6.07) is 0. The zero-order valence-electron chi connectivity index (χ0n) is 8.96. The number of halogens is 1. The lowest BCUT2D eigenvalue weighted by atomic mass is 9.83. The molecule has 0 atom stereocenters. The quantitative estimate of drug-likeness (QED) is 0.747. The molecule has 84 valence electrons. The van der Waals surface area contributed by atoms with E-state index in [1.54, 1.807) is 13.3 Å². The highest BCUT2D eigenvalue weighted by Crippen LogP contribution is 2.40. The van der Waals surface area contributed by atoms with E-state index in [9.17, 15) is 0 Å². The lowest BCUT2D eigenvalue weighted by molar-refractivity contribution is -0.0606. The zero-order chi connectivity index (χ0) is 10.7. The molecule has 0 aromatic carbocycles. The minimum absolute atomic E-state index is 0.254. The standard InChI is InChI=1S/C11H16ClNO2/c1-14-11(5-3-2-4-6-11)9-8-13-10(7-12)15-9/h8H,2-7H2,1H3. The van der Waals surface area contributed by atoms with Gasteiger partial charge in [-0.05, 0) is 12.8 Å². The van der Waals surface area contributed by atoms with Crippen molar-refractivity contribution in [3.8, 4) is 0 Å². The number of oxazole rings is 1. The molecule has 1 aromatic heterocycles. The number of methoxy groups -OCH3 is 1. The van der Waals surface area contributed by atoms with Crippen molar-refractivity contribution in [1.82, 2.24) is 4.98 Å². The summed E-state index contributed by atoms with van der Waals surface area (Å²) in [5, 5.41) is 0. The van der Waals surface area contributed by atoms with Crippen molar-refractivity contribution in [2.24, 2.45) is 0 Å². The summed E-state index contributed by atoms with van der Waals surface area (Å²) in [6.07, 6.45) is 7.43. The molecule has 0 unspecified atom stereocenters. The SMILES string of the molecule is COC1(c2cnc(CCl)o2)CCCCC1. The van der Waals surface area contributed by atoms with Gasteiger partial charge < -0.3 is 9.15 Å². The largest absolute Gasteiger partial charge is 0.441 e. The Bertz CT molecular complexity index is 318. The number of rotatable bonds is 3. The van der Waals surface area contributed by atoms with Gasteiger partial charge in [-0.25, -0.2) is 4.98 Å². The fourth-order valence-electron chi connectivity index (χ4n) is 2.26. The molecule has 15 heavy (non-hydrogen) atoms. The zero-order valence-corrected chi connectivity index (χ0v) is 9.72. The third kappa shape index (κ3) is 2.04. The third-order valence-electron chi connectivity index (χ3n) is 3.17. The highest BCUT2D eigenvalue weighted by atomic mass is 35.5. The molecule has 1 saturated carbocycles. The highest BCUT2D eigenvalue weighted by Gasteiger charge is 2.37. The monoisotopic (exact) mass is 229 g/mol. The van der Waals surface area contributed by atoms with Gasteiger partial charge in [0.1, 0.15) is 5.60 Å². The number of alkyl halides is 1. The molecular weight excluding hydrogens is 214 g/mol. The minimum atomic E-state index is -0.254. The first-order valence-corrected chi connectivity index (χ1v) is 5.90. The van der Waals surface area contributed by atoms with Crippen LogP contribution in [0.2, 0.25) is 0 Å². The Morgan fingerprint density at radius 1 is 1.47 bits per heavy atom. The Balaban J connectivity index is 2.24. The molecule has 0 N–H and O–H groups in total. The maximum absolute atomic E-state index is 5.67. The summed E-state index contributed by atoms with van der Waals surface area (Å²) in [6.45, 7) is 0. The first-order chi connectivity index (χ1) is 7.30. The number of ether oxygens (including phenoxy) is 1. The van der Waals surface area contributed by atoms with Gasteiger partial charge in [0.05, 0.1) is 12.1 Å². The molecule has 0 bridgehead atoms. The molecule has 0 amide bonds. The predicted octanol–water partition coefficient (Wildman–Crippen LogP) is 3.22. The van der Waals surface area contributed by atoms with Gasteiger partial charge in [-0.1, -0.05) is 19.3 Å². The molecule has 1 fully saturated rings. The van der Waals surface area contributed by atoms with E-state index in [0.717, 1.165) is 18.6 Å². The molecule has 0 spiro atoms. The lowest BCUT2D eigenvalue weighted by Crippen LogP contribution is -2.30. The van der Waals surface area contributed by atoms with Gasteiger partial charge in [-0.15, -0.1) is 11.6 Å². The van der Waals surface area contributed by atoms with Crippen LogP contribution in [0.4, 0.5) is 0 Å². The first kappa shape index (κ1) is 11.0. The number of hydrogen-bond acceptors (Lipinski definition) is 3. The van der Waals surface area contributed by atoms with Gasteiger partial charge in [0.2, 0.25) is 5.89 Å². The van der Waals surface area contributed by atoms with E-state index < -0.39 is 0 Å². The Kier molecular flexibility index (Phi) is 3.32. The van der Waals surface area contributed by atoms with E-state index in [0.29, 0.717) is 11.8 Å². The summed E-state index contributed by atoms with van der Waals surface area (Å²) in [5.41, 5.74) is -0.254.